The van der Waals surface area contributed by atoms with Crippen LogP contribution in [-0.4, -0.2) is 50.7 Å². The van der Waals surface area contributed by atoms with Gasteiger partial charge in [-0.05, 0) is 74.1 Å². The Balaban J connectivity index is 1.35. The fraction of sp³-hybridized carbons (Fsp3) is 0.367. The van der Waals surface area contributed by atoms with Gasteiger partial charge in [0.2, 0.25) is 0 Å². The first-order valence-corrected chi connectivity index (χ1v) is 13.9. The molecule has 0 bridgehead atoms. The standard InChI is InChI=1S/C30H32FN7O3/c1-18-15-33-36-38(18)27-14-22(31)5-8-24(27)21-12-26(20-3-4-20)34-28(13-21)35-29(39)25-11-19(16-32-9-10-41-2)17-37(30(25)40)23-6-7-23/h5,8,11-15,17,20,23,32H,3-4,6-7,9-10,16H2,1-2H3,(H,34,35,39). The van der Waals surface area contributed by atoms with Crippen LogP contribution < -0.4 is 16.2 Å². The number of pyridine rings is 2. The van der Waals surface area contributed by atoms with Crippen LogP contribution in [0.4, 0.5) is 10.2 Å². The summed E-state index contributed by atoms with van der Waals surface area (Å²) in [6.07, 6.45) is 7.29. The molecule has 10 nitrogen and oxygen atoms in total. The lowest BCUT2D eigenvalue weighted by Gasteiger charge is -2.15. The number of nitrogens with one attached hydrogen (secondary N) is 2. The van der Waals surface area contributed by atoms with Crippen LogP contribution in [0.1, 0.15) is 65.0 Å². The second-order valence-electron chi connectivity index (χ2n) is 10.7. The highest BCUT2D eigenvalue weighted by Crippen LogP contribution is 2.41. The summed E-state index contributed by atoms with van der Waals surface area (Å²) in [7, 11) is 1.64. The Bertz CT molecular complexity index is 1660. The number of rotatable bonds is 11. The van der Waals surface area contributed by atoms with Crippen molar-refractivity contribution in [1.82, 2.24) is 29.9 Å². The molecule has 0 radical (unpaired) electrons. The number of benzene rings is 1. The summed E-state index contributed by atoms with van der Waals surface area (Å²) >= 11 is 0. The summed E-state index contributed by atoms with van der Waals surface area (Å²) in [6.45, 7) is 3.57. The smallest absolute Gasteiger partial charge is 0.263 e. The normalized spacial score (nSPS) is 14.8. The van der Waals surface area contributed by atoms with Crippen LogP contribution in [0.5, 0.6) is 0 Å². The summed E-state index contributed by atoms with van der Waals surface area (Å²) in [4.78, 5) is 31.6. The first kappa shape index (κ1) is 27.0. The van der Waals surface area contributed by atoms with E-state index in [1.54, 1.807) is 40.8 Å². The lowest BCUT2D eigenvalue weighted by atomic mass is 10.0. The Morgan fingerprint density at radius 3 is 2.68 bits per heavy atom. The number of methoxy groups -OCH3 is 1. The highest BCUT2D eigenvalue weighted by molar-refractivity contribution is 6.04. The van der Waals surface area contributed by atoms with Gasteiger partial charge in [-0.25, -0.2) is 14.1 Å². The fourth-order valence-electron chi connectivity index (χ4n) is 4.94. The lowest BCUT2D eigenvalue weighted by molar-refractivity contribution is 0.102. The van der Waals surface area contributed by atoms with Crippen LogP contribution in [0.15, 0.2) is 53.6 Å². The van der Waals surface area contributed by atoms with Gasteiger partial charge in [0.25, 0.3) is 11.5 Å². The minimum atomic E-state index is -0.513. The number of halogens is 1. The third kappa shape index (κ3) is 5.96. The van der Waals surface area contributed by atoms with Crippen molar-refractivity contribution in [3.05, 3.63) is 87.5 Å². The van der Waals surface area contributed by atoms with Crippen LogP contribution in [0.3, 0.4) is 0 Å². The second-order valence-corrected chi connectivity index (χ2v) is 10.7. The lowest BCUT2D eigenvalue weighted by Crippen LogP contribution is -2.30. The zero-order chi connectivity index (χ0) is 28.5. The van der Waals surface area contributed by atoms with E-state index in [0.717, 1.165) is 53.8 Å². The molecule has 0 saturated heterocycles. The molecular weight excluding hydrogens is 525 g/mol. The maximum Gasteiger partial charge on any atom is 0.263 e. The number of anilines is 1. The summed E-state index contributed by atoms with van der Waals surface area (Å²) in [5.74, 6) is -0.287. The quantitative estimate of drug-likeness (QED) is 0.266. The molecular formula is C30H32FN7O3. The van der Waals surface area contributed by atoms with Crippen molar-refractivity contribution in [3.8, 4) is 16.8 Å². The molecule has 3 heterocycles. The van der Waals surface area contributed by atoms with Crippen LogP contribution in [0.2, 0.25) is 0 Å². The molecule has 11 heteroatoms. The molecule has 1 amide bonds. The van der Waals surface area contributed by atoms with Crippen molar-refractivity contribution in [3.63, 3.8) is 0 Å². The summed E-state index contributed by atoms with van der Waals surface area (Å²) < 4.78 is 22.7. The third-order valence-corrected chi connectivity index (χ3v) is 7.40. The molecule has 0 atom stereocenters. The number of carbonyl (C=O) groups excluding carboxylic acids is 1. The molecule has 3 aromatic heterocycles. The molecule has 0 aliphatic heterocycles. The molecule has 212 valence electrons. The van der Waals surface area contributed by atoms with Gasteiger partial charge in [0.05, 0.1) is 24.2 Å². The van der Waals surface area contributed by atoms with Crippen molar-refractivity contribution in [2.24, 2.45) is 0 Å². The van der Waals surface area contributed by atoms with Gasteiger partial charge in [0, 0.05) is 55.7 Å². The average Bonchev–Trinajstić information content (AvgIpc) is 3.89. The molecule has 2 saturated carbocycles. The number of aromatic nitrogens is 5. The Hall–Kier alpha value is -4.22. The largest absolute Gasteiger partial charge is 0.383 e. The molecule has 0 unspecified atom stereocenters. The minimum absolute atomic E-state index is 0.0730. The second kappa shape index (κ2) is 11.3. The Labute approximate surface area is 236 Å². The van der Waals surface area contributed by atoms with E-state index in [9.17, 15) is 14.0 Å². The molecule has 6 rings (SSSR count). The van der Waals surface area contributed by atoms with Gasteiger partial charge in [-0.1, -0.05) is 5.21 Å². The predicted octanol–water partition coefficient (Wildman–Crippen LogP) is 4.14. The fourth-order valence-corrected chi connectivity index (χ4v) is 4.94. The first-order chi connectivity index (χ1) is 19.9. The monoisotopic (exact) mass is 557 g/mol. The summed E-state index contributed by atoms with van der Waals surface area (Å²) in [5.41, 5.74) is 4.22. The van der Waals surface area contributed by atoms with E-state index in [1.807, 2.05) is 19.2 Å². The SMILES string of the molecule is COCCNCc1cc(C(=O)Nc2cc(-c3ccc(F)cc3-n3nncc3C)cc(C3CC3)n2)c(=O)n(C2CC2)c1. The van der Waals surface area contributed by atoms with Crippen molar-refractivity contribution in [2.75, 3.05) is 25.6 Å². The van der Waals surface area contributed by atoms with Gasteiger partial charge in [0.1, 0.15) is 17.2 Å². The van der Waals surface area contributed by atoms with Gasteiger partial charge in [0.15, 0.2) is 0 Å². The van der Waals surface area contributed by atoms with Crippen LogP contribution in [-0.2, 0) is 11.3 Å². The van der Waals surface area contributed by atoms with Gasteiger partial charge < -0.3 is 19.9 Å². The highest BCUT2D eigenvalue weighted by Gasteiger charge is 2.29. The van der Waals surface area contributed by atoms with E-state index < -0.39 is 11.7 Å². The molecule has 2 fully saturated rings. The Kier molecular flexibility index (Phi) is 7.46. The molecule has 41 heavy (non-hydrogen) atoms. The van der Waals surface area contributed by atoms with Crippen molar-refractivity contribution in [1.29, 1.82) is 0 Å². The van der Waals surface area contributed by atoms with Crippen molar-refractivity contribution >= 4 is 11.7 Å². The maximum atomic E-state index is 14.4. The van der Waals surface area contributed by atoms with E-state index >= 15 is 0 Å². The molecule has 2 aliphatic rings. The first-order valence-electron chi connectivity index (χ1n) is 13.9. The number of carbonyl (C=O) groups is 1. The molecule has 1 aromatic carbocycles. The van der Waals surface area contributed by atoms with Gasteiger partial charge >= 0.3 is 0 Å². The number of aryl methyl sites for hydroxylation is 1. The minimum Gasteiger partial charge on any atom is -0.383 e. The Morgan fingerprint density at radius 1 is 1.15 bits per heavy atom. The number of hydrogen-bond acceptors (Lipinski definition) is 7. The maximum absolute atomic E-state index is 14.4. The average molecular weight is 558 g/mol. The van der Waals surface area contributed by atoms with Gasteiger partial charge in [-0.2, -0.15) is 0 Å². The summed E-state index contributed by atoms with van der Waals surface area (Å²) in [6, 6.07) is 10.00. The Morgan fingerprint density at radius 2 is 1.98 bits per heavy atom. The van der Waals surface area contributed by atoms with Crippen LogP contribution >= 0.6 is 0 Å². The topological polar surface area (TPSA) is 116 Å². The number of hydrogen-bond donors (Lipinski definition) is 2. The number of nitrogens with zero attached hydrogens (tertiary/aromatic N) is 5. The van der Waals surface area contributed by atoms with Gasteiger partial charge in [-0.15, -0.1) is 5.10 Å². The predicted molar refractivity (Wildman–Crippen MR) is 152 cm³/mol. The highest BCUT2D eigenvalue weighted by atomic mass is 19.1. The molecule has 0 spiro atoms. The van der Waals surface area contributed by atoms with E-state index in [-0.39, 0.29) is 23.1 Å². The zero-order valence-corrected chi connectivity index (χ0v) is 23.1. The molecule has 4 aromatic rings. The van der Waals surface area contributed by atoms with Gasteiger partial charge in [-0.3, -0.25) is 9.59 Å². The molecule has 2 N–H and O–H groups in total. The van der Waals surface area contributed by atoms with Crippen molar-refractivity contribution < 1.29 is 13.9 Å². The zero-order valence-electron chi connectivity index (χ0n) is 23.1. The van der Waals surface area contributed by atoms with Crippen LogP contribution in [0, 0.1) is 12.7 Å². The van der Waals surface area contributed by atoms with E-state index in [1.165, 1.54) is 12.1 Å². The van der Waals surface area contributed by atoms with Crippen LogP contribution in [0.25, 0.3) is 16.8 Å². The number of ether oxygens (including phenoxy) is 1. The summed E-state index contributed by atoms with van der Waals surface area (Å²) in [5, 5.41) is 14.3. The van der Waals surface area contributed by atoms with E-state index in [0.29, 0.717) is 31.2 Å². The van der Waals surface area contributed by atoms with Crippen molar-refractivity contribution in [2.45, 2.75) is 51.1 Å². The van der Waals surface area contributed by atoms with E-state index in [4.69, 9.17) is 9.72 Å². The number of amides is 1. The van der Waals surface area contributed by atoms with E-state index in [2.05, 4.69) is 20.9 Å². The molecule has 2 aliphatic carbocycles. The third-order valence-electron chi connectivity index (χ3n) is 7.40.